The van der Waals surface area contributed by atoms with Crippen molar-refractivity contribution in [1.82, 2.24) is 4.98 Å². The predicted octanol–water partition coefficient (Wildman–Crippen LogP) is 3.10. The molecular formula is C16H11NO3. The first-order valence-electron chi connectivity index (χ1n) is 6.40. The Balaban J connectivity index is 2.16. The van der Waals surface area contributed by atoms with Gasteiger partial charge in [-0.05, 0) is 37.3 Å². The van der Waals surface area contributed by atoms with E-state index in [2.05, 4.69) is 4.98 Å². The summed E-state index contributed by atoms with van der Waals surface area (Å²) in [4.78, 5) is 26.6. The Morgan fingerprint density at radius 3 is 2.80 bits per heavy atom. The number of hydrogen-bond donors (Lipinski definition) is 1. The molecule has 0 spiro atoms. The monoisotopic (exact) mass is 265 g/mol. The average molecular weight is 265 g/mol. The fraction of sp³-hybridized carbons (Fsp3) is 0.125. The zero-order chi connectivity index (χ0) is 13.9. The molecule has 0 unspecified atom stereocenters. The molecule has 2 aromatic carbocycles. The smallest absolute Gasteiger partial charge is 0.203 e. The minimum Gasteiger partial charge on any atom is -0.484 e. The molecule has 1 aliphatic rings. The first-order valence-corrected chi connectivity index (χ1v) is 6.40. The van der Waals surface area contributed by atoms with Gasteiger partial charge in [-0.3, -0.25) is 9.59 Å². The Morgan fingerprint density at radius 1 is 1.20 bits per heavy atom. The summed E-state index contributed by atoms with van der Waals surface area (Å²) in [7, 11) is 0. The number of nitrogens with one attached hydrogen (secondary N) is 1. The lowest BCUT2D eigenvalue weighted by molar-refractivity contribution is 0.0960. The summed E-state index contributed by atoms with van der Waals surface area (Å²) in [6.07, 6.45) is 0. The van der Waals surface area contributed by atoms with Gasteiger partial charge in [0.05, 0.1) is 16.5 Å². The topological polar surface area (TPSA) is 59.2 Å². The van der Waals surface area contributed by atoms with Crippen molar-refractivity contribution in [2.75, 3.05) is 6.61 Å². The van der Waals surface area contributed by atoms with E-state index in [9.17, 15) is 9.59 Å². The second kappa shape index (κ2) is 3.70. The SMILES string of the molecule is CC(=O)c1ccc2[nH]c3ccc4c(c3c2c1)OCC4=O. The van der Waals surface area contributed by atoms with Crippen LogP contribution >= 0.6 is 0 Å². The quantitative estimate of drug-likeness (QED) is 0.688. The molecule has 0 atom stereocenters. The zero-order valence-corrected chi connectivity index (χ0v) is 10.8. The highest BCUT2D eigenvalue weighted by Crippen LogP contribution is 2.38. The highest BCUT2D eigenvalue weighted by Gasteiger charge is 2.25. The molecule has 4 rings (SSSR count). The van der Waals surface area contributed by atoms with Gasteiger partial charge in [-0.1, -0.05) is 0 Å². The number of aromatic amines is 1. The third kappa shape index (κ3) is 1.36. The van der Waals surface area contributed by atoms with Gasteiger partial charge in [0.25, 0.3) is 0 Å². The number of ether oxygens (including phenoxy) is 1. The number of hydrogen-bond acceptors (Lipinski definition) is 3. The minimum absolute atomic E-state index is 0.000951. The Bertz CT molecular complexity index is 905. The molecule has 4 nitrogen and oxygen atoms in total. The maximum atomic E-state index is 11.8. The van der Waals surface area contributed by atoms with Crippen LogP contribution in [0.15, 0.2) is 30.3 Å². The summed E-state index contributed by atoms with van der Waals surface area (Å²) in [5, 5.41) is 1.80. The molecular weight excluding hydrogens is 254 g/mol. The summed E-state index contributed by atoms with van der Waals surface area (Å²) < 4.78 is 5.54. The lowest BCUT2D eigenvalue weighted by Crippen LogP contribution is -1.98. The first-order chi connectivity index (χ1) is 9.65. The Hall–Kier alpha value is -2.62. The van der Waals surface area contributed by atoms with Crippen molar-refractivity contribution in [3.63, 3.8) is 0 Å². The standard InChI is InChI=1S/C16H11NO3/c1-8(18)9-2-4-12-11(6-9)15-13(17-12)5-3-10-14(19)7-20-16(10)15/h2-6,17H,7H2,1H3. The predicted molar refractivity (Wildman–Crippen MR) is 75.6 cm³/mol. The zero-order valence-electron chi connectivity index (χ0n) is 10.8. The van der Waals surface area contributed by atoms with Gasteiger partial charge in [0.15, 0.2) is 12.4 Å². The van der Waals surface area contributed by atoms with Gasteiger partial charge in [-0.2, -0.15) is 0 Å². The van der Waals surface area contributed by atoms with Gasteiger partial charge in [-0.25, -0.2) is 0 Å². The van der Waals surface area contributed by atoms with Crippen LogP contribution < -0.4 is 4.74 Å². The van der Waals surface area contributed by atoms with Crippen molar-refractivity contribution in [2.45, 2.75) is 6.92 Å². The molecule has 0 bridgehead atoms. The van der Waals surface area contributed by atoms with Crippen molar-refractivity contribution in [1.29, 1.82) is 0 Å². The van der Waals surface area contributed by atoms with Crippen LogP contribution in [0.4, 0.5) is 0 Å². The number of fused-ring (bicyclic) bond motifs is 5. The van der Waals surface area contributed by atoms with Gasteiger partial charge in [0.1, 0.15) is 5.75 Å². The molecule has 4 heteroatoms. The third-order valence-electron chi connectivity index (χ3n) is 3.77. The molecule has 20 heavy (non-hydrogen) atoms. The van der Waals surface area contributed by atoms with E-state index in [-0.39, 0.29) is 18.2 Å². The van der Waals surface area contributed by atoms with E-state index in [0.717, 1.165) is 21.8 Å². The highest BCUT2D eigenvalue weighted by atomic mass is 16.5. The first kappa shape index (κ1) is 11.2. The van der Waals surface area contributed by atoms with E-state index >= 15 is 0 Å². The normalized spacial score (nSPS) is 13.8. The second-order valence-corrected chi connectivity index (χ2v) is 5.02. The summed E-state index contributed by atoms with van der Waals surface area (Å²) >= 11 is 0. The van der Waals surface area contributed by atoms with Crippen molar-refractivity contribution in [3.8, 4) is 5.75 Å². The van der Waals surface area contributed by atoms with Gasteiger partial charge in [0, 0.05) is 16.5 Å². The molecule has 0 saturated heterocycles. The van der Waals surface area contributed by atoms with Crippen LogP contribution in [0.25, 0.3) is 21.8 Å². The van der Waals surface area contributed by atoms with Crippen molar-refractivity contribution < 1.29 is 14.3 Å². The average Bonchev–Trinajstić information content (AvgIpc) is 2.98. The van der Waals surface area contributed by atoms with Crippen molar-refractivity contribution in [2.24, 2.45) is 0 Å². The third-order valence-corrected chi connectivity index (χ3v) is 3.77. The van der Waals surface area contributed by atoms with E-state index in [1.807, 2.05) is 18.2 Å². The van der Waals surface area contributed by atoms with Gasteiger partial charge < -0.3 is 9.72 Å². The molecule has 0 radical (unpaired) electrons. The van der Waals surface area contributed by atoms with Crippen LogP contribution in [0.5, 0.6) is 5.75 Å². The maximum Gasteiger partial charge on any atom is 0.203 e. The largest absolute Gasteiger partial charge is 0.484 e. The van der Waals surface area contributed by atoms with E-state index in [4.69, 9.17) is 4.74 Å². The van der Waals surface area contributed by atoms with Crippen LogP contribution in [0.3, 0.4) is 0 Å². The lowest BCUT2D eigenvalue weighted by Gasteiger charge is -2.01. The Morgan fingerprint density at radius 2 is 2.00 bits per heavy atom. The summed E-state index contributed by atoms with van der Waals surface area (Å²) in [6, 6.07) is 9.20. The van der Waals surface area contributed by atoms with E-state index in [0.29, 0.717) is 16.9 Å². The summed E-state index contributed by atoms with van der Waals surface area (Å²) in [6.45, 7) is 1.63. The molecule has 3 aromatic rings. The molecule has 0 saturated carbocycles. The molecule has 1 N–H and O–H groups in total. The molecule has 98 valence electrons. The molecule has 0 fully saturated rings. The van der Waals surface area contributed by atoms with Crippen LogP contribution in [-0.4, -0.2) is 23.2 Å². The molecule has 0 aliphatic carbocycles. The van der Waals surface area contributed by atoms with Crippen molar-refractivity contribution in [3.05, 3.63) is 41.5 Å². The fourth-order valence-electron chi connectivity index (χ4n) is 2.76. The van der Waals surface area contributed by atoms with Crippen LogP contribution in [0, 0.1) is 0 Å². The number of ketones is 2. The maximum absolute atomic E-state index is 11.8. The van der Waals surface area contributed by atoms with Gasteiger partial charge in [-0.15, -0.1) is 0 Å². The lowest BCUT2D eigenvalue weighted by atomic mass is 10.0. The highest BCUT2D eigenvalue weighted by molar-refractivity contribution is 6.17. The van der Waals surface area contributed by atoms with Crippen LogP contribution in [0.2, 0.25) is 0 Å². The number of H-pyrrole nitrogens is 1. The molecule has 2 heterocycles. The molecule has 1 aromatic heterocycles. The van der Waals surface area contributed by atoms with Crippen molar-refractivity contribution >= 4 is 33.4 Å². The van der Waals surface area contributed by atoms with Crippen LogP contribution in [0.1, 0.15) is 27.6 Å². The molecule has 0 amide bonds. The summed E-state index contributed by atoms with van der Waals surface area (Å²) in [5.41, 5.74) is 3.11. The Labute approximate surface area is 114 Å². The van der Waals surface area contributed by atoms with E-state index in [1.54, 1.807) is 19.1 Å². The number of aromatic nitrogens is 1. The fourth-order valence-corrected chi connectivity index (χ4v) is 2.76. The van der Waals surface area contributed by atoms with Crippen LogP contribution in [-0.2, 0) is 0 Å². The van der Waals surface area contributed by atoms with E-state index < -0.39 is 0 Å². The second-order valence-electron chi connectivity index (χ2n) is 5.02. The minimum atomic E-state index is -0.000951. The number of benzene rings is 2. The Kier molecular flexibility index (Phi) is 2.07. The summed E-state index contributed by atoms with van der Waals surface area (Å²) in [5.74, 6) is 0.643. The van der Waals surface area contributed by atoms with Gasteiger partial charge in [0.2, 0.25) is 5.78 Å². The van der Waals surface area contributed by atoms with Gasteiger partial charge >= 0.3 is 0 Å². The number of Topliss-reactive ketones (excluding diaryl/α,β-unsaturated/α-hetero) is 2. The number of carbonyl (C=O) groups is 2. The number of carbonyl (C=O) groups excluding carboxylic acids is 2. The number of rotatable bonds is 1. The van der Waals surface area contributed by atoms with E-state index in [1.165, 1.54) is 0 Å². The molecule has 1 aliphatic heterocycles.